The van der Waals surface area contributed by atoms with Crippen molar-refractivity contribution < 1.29 is 18.3 Å². The van der Waals surface area contributed by atoms with E-state index in [-0.39, 0.29) is 5.56 Å². The van der Waals surface area contributed by atoms with Gasteiger partial charge in [-0.25, -0.2) is 0 Å². The molecule has 0 atom stereocenters. The van der Waals surface area contributed by atoms with E-state index in [1.54, 1.807) is 6.07 Å². The van der Waals surface area contributed by atoms with Gasteiger partial charge >= 0.3 is 6.18 Å². The Bertz CT molecular complexity index is 623. The summed E-state index contributed by atoms with van der Waals surface area (Å²) >= 11 is 1.36. The van der Waals surface area contributed by atoms with Crippen molar-refractivity contribution in [2.24, 2.45) is 0 Å². The minimum absolute atomic E-state index is 0.0947. The molecule has 0 radical (unpaired) electrons. The number of benzene rings is 2. The molecule has 2 aromatic rings. The topological polar surface area (TPSA) is 20.2 Å². The number of aliphatic hydroxyl groups is 1. The molecule has 0 spiro atoms. The molecule has 0 amide bonds. The second-order valence-electron chi connectivity index (χ2n) is 4.69. The maximum absolute atomic E-state index is 12.9. The predicted molar refractivity (Wildman–Crippen MR) is 78.1 cm³/mol. The van der Waals surface area contributed by atoms with Gasteiger partial charge in [-0.3, -0.25) is 0 Å². The number of aliphatic hydroxyl groups excluding tert-OH is 1. The largest absolute Gasteiger partial charge is 0.416 e. The molecule has 0 aliphatic rings. The van der Waals surface area contributed by atoms with Gasteiger partial charge in [0.1, 0.15) is 0 Å². The second-order valence-corrected chi connectivity index (χ2v) is 5.74. The van der Waals surface area contributed by atoms with Gasteiger partial charge in [0.15, 0.2) is 0 Å². The van der Waals surface area contributed by atoms with Crippen LogP contribution in [0, 0.1) is 6.92 Å². The van der Waals surface area contributed by atoms with E-state index in [0.29, 0.717) is 10.6 Å². The van der Waals surface area contributed by atoms with Crippen molar-refractivity contribution in [3.8, 4) is 0 Å². The molecular weight excluding hydrogens is 297 g/mol. The molecule has 0 aliphatic carbocycles. The van der Waals surface area contributed by atoms with Gasteiger partial charge < -0.3 is 5.11 Å². The Morgan fingerprint density at radius 2 is 1.76 bits per heavy atom. The highest BCUT2D eigenvalue weighted by Gasteiger charge is 2.33. The van der Waals surface area contributed by atoms with Gasteiger partial charge in [-0.05, 0) is 35.7 Å². The summed E-state index contributed by atoms with van der Waals surface area (Å²) in [5, 5.41) is 9.01. The van der Waals surface area contributed by atoms with Crippen LogP contribution in [0.15, 0.2) is 47.4 Å². The van der Waals surface area contributed by atoms with Crippen LogP contribution in [0.4, 0.5) is 13.2 Å². The lowest BCUT2D eigenvalue weighted by atomic mass is 10.1. The summed E-state index contributed by atoms with van der Waals surface area (Å²) in [6, 6.07) is 11.8. The fourth-order valence-corrected chi connectivity index (χ4v) is 2.99. The van der Waals surface area contributed by atoms with Crippen molar-refractivity contribution >= 4 is 11.8 Å². The minimum atomic E-state index is -4.45. The molecule has 0 unspecified atom stereocenters. The SMILES string of the molecule is Cc1ccccc1CSc1ccc(CO)c(C(F)(F)F)c1. The first kappa shape index (κ1) is 15.9. The number of hydrogen-bond acceptors (Lipinski definition) is 2. The summed E-state index contributed by atoms with van der Waals surface area (Å²) < 4.78 is 38.8. The van der Waals surface area contributed by atoms with E-state index in [0.717, 1.165) is 17.2 Å². The average Bonchev–Trinajstić information content (AvgIpc) is 2.45. The van der Waals surface area contributed by atoms with E-state index >= 15 is 0 Å². The van der Waals surface area contributed by atoms with Crippen molar-refractivity contribution in [3.05, 3.63) is 64.7 Å². The van der Waals surface area contributed by atoms with Crippen LogP contribution in [0.2, 0.25) is 0 Å². The van der Waals surface area contributed by atoms with Crippen LogP contribution in [-0.4, -0.2) is 5.11 Å². The molecule has 0 aromatic heterocycles. The number of aryl methyl sites for hydroxylation is 1. The molecular formula is C16H15F3OS. The Hall–Kier alpha value is -1.46. The van der Waals surface area contributed by atoms with Crippen LogP contribution in [0.1, 0.15) is 22.3 Å². The normalized spacial score (nSPS) is 11.7. The fraction of sp³-hybridized carbons (Fsp3) is 0.250. The van der Waals surface area contributed by atoms with E-state index in [9.17, 15) is 13.2 Å². The van der Waals surface area contributed by atoms with E-state index in [1.165, 1.54) is 17.8 Å². The third-order valence-corrected chi connectivity index (χ3v) is 4.26. The zero-order valence-electron chi connectivity index (χ0n) is 11.4. The van der Waals surface area contributed by atoms with E-state index in [2.05, 4.69) is 0 Å². The monoisotopic (exact) mass is 312 g/mol. The lowest BCUT2D eigenvalue weighted by Crippen LogP contribution is -2.09. The molecule has 1 nitrogen and oxygen atoms in total. The molecule has 0 aliphatic heterocycles. The zero-order valence-corrected chi connectivity index (χ0v) is 12.3. The summed E-state index contributed by atoms with van der Waals surface area (Å²) in [6.45, 7) is 1.36. The van der Waals surface area contributed by atoms with Crippen LogP contribution >= 0.6 is 11.8 Å². The summed E-state index contributed by atoms with van der Waals surface area (Å²) in [5.74, 6) is 0.614. The van der Waals surface area contributed by atoms with Gasteiger partial charge in [-0.2, -0.15) is 13.2 Å². The number of alkyl halides is 3. The molecule has 0 heterocycles. The van der Waals surface area contributed by atoms with Gasteiger partial charge in [0, 0.05) is 10.6 Å². The molecule has 0 saturated heterocycles. The number of rotatable bonds is 4. The highest BCUT2D eigenvalue weighted by Crippen LogP contribution is 2.35. The average molecular weight is 312 g/mol. The lowest BCUT2D eigenvalue weighted by molar-refractivity contribution is -0.138. The number of thioether (sulfide) groups is 1. The van der Waals surface area contributed by atoms with Crippen molar-refractivity contribution in [2.45, 2.75) is 30.4 Å². The smallest absolute Gasteiger partial charge is 0.392 e. The van der Waals surface area contributed by atoms with E-state index < -0.39 is 18.3 Å². The van der Waals surface area contributed by atoms with E-state index in [4.69, 9.17) is 5.11 Å². The first-order valence-corrected chi connectivity index (χ1v) is 7.38. The van der Waals surface area contributed by atoms with Gasteiger partial charge in [-0.1, -0.05) is 30.3 Å². The molecule has 2 aromatic carbocycles. The van der Waals surface area contributed by atoms with Crippen LogP contribution in [0.3, 0.4) is 0 Å². The van der Waals surface area contributed by atoms with Crippen molar-refractivity contribution in [1.82, 2.24) is 0 Å². The quantitative estimate of drug-likeness (QED) is 0.818. The van der Waals surface area contributed by atoms with Crippen molar-refractivity contribution in [2.75, 3.05) is 0 Å². The minimum Gasteiger partial charge on any atom is -0.392 e. The zero-order chi connectivity index (χ0) is 15.5. The molecule has 0 fully saturated rings. The first-order chi connectivity index (χ1) is 9.91. The highest BCUT2D eigenvalue weighted by molar-refractivity contribution is 7.98. The van der Waals surface area contributed by atoms with Gasteiger partial charge in [0.25, 0.3) is 0 Å². The van der Waals surface area contributed by atoms with Crippen LogP contribution in [0.25, 0.3) is 0 Å². The molecule has 0 saturated carbocycles. The summed E-state index contributed by atoms with van der Waals surface area (Å²) in [7, 11) is 0. The summed E-state index contributed by atoms with van der Waals surface area (Å²) in [4.78, 5) is 0.544. The lowest BCUT2D eigenvalue weighted by Gasteiger charge is -2.13. The Balaban J connectivity index is 2.20. The number of halogens is 3. The fourth-order valence-electron chi connectivity index (χ4n) is 1.98. The molecule has 21 heavy (non-hydrogen) atoms. The van der Waals surface area contributed by atoms with Crippen LogP contribution < -0.4 is 0 Å². The highest BCUT2D eigenvalue weighted by atomic mass is 32.2. The molecule has 112 valence electrons. The summed E-state index contributed by atoms with van der Waals surface area (Å²) in [5.41, 5.74) is 1.36. The van der Waals surface area contributed by atoms with Crippen molar-refractivity contribution in [3.63, 3.8) is 0 Å². The van der Waals surface area contributed by atoms with E-state index in [1.807, 2.05) is 31.2 Å². The number of hydrogen-bond donors (Lipinski definition) is 1. The summed E-state index contributed by atoms with van der Waals surface area (Å²) in [6.07, 6.45) is -4.45. The molecule has 1 N–H and O–H groups in total. The van der Waals surface area contributed by atoms with Gasteiger partial charge in [0.2, 0.25) is 0 Å². The van der Waals surface area contributed by atoms with Crippen LogP contribution in [-0.2, 0) is 18.5 Å². The van der Waals surface area contributed by atoms with Crippen molar-refractivity contribution in [1.29, 1.82) is 0 Å². The Morgan fingerprint density at radius 1 is 1.05 bits per heavy atom. The Labute approximate surface area is 125 Å². The maximum Gasteiger partial charge on any atom is 0.416 e. The molecule has 5 heteroatoms. The molecule has 2 rings (SSSR count). The third-order valence-electron chi connectivity index (χ3n) is 3.21. The third kappa shape index (κ3) is 4.02. The Kier molecular flexibility index (Phi) is 4.96. The molecule has 0 bridgehead atoms. The predicted octanol–water partition coefficient (Wildman–Crippen LogP) is 4.80. The maximum atomic E-state index is 12.9. The standard InChI is InChI=1S/C16H15F3OS/c1-11-4-2-3-5-13(11)10-21-14-7-6-12(9-20)15(8-14)16(17,18)19/h2-8,20H,9-10H2,1H3. The second kappa shape index (κ2) is 6.54. The first-order valence-electron chi connectivity index (χ1n) is 6.40. The van der Waals surface area contributed by atoms with Crippen LogP contribution in [0.5, 0.6) is 0 Å². The van der Waals surface area contributed by atoms with Gasteiger partial charge in [-0.15, -0.1) is 11.8 Å². The Morgan fingerprint density at radius 3 is 2.38 bits per heavy atom. The van der Waals surface area contributed by atoms with Gasteiger partial charge in [0.05, 0.1) is 12.2 Å².